The van der Waals surface area contributed by atoms with E-state index in [1.54, 1.807) is 0 Å². The fraction of sp³-hybridized carbons (Fsp3) is 0.500. The summed E-state index contributed by atoms with van der Waals surface area (Å²) in [6.45, 7) is 5.67. The van der Waals surface area contributed by atoms with Gasteiger partial charge in [-0.3, -0.25) is 4.79 Å². The second kappa shape index (κ2) is 7.92. The van der Waals surface area contributed by atoms with Crippen molar-refractivity contribution in [2.45, 2.75) is 38.8 Å². The van der Waals surface area contributed by atoms with E-state index in [1.807, 2.05) is 20.8 Å². The van der Waals surface area contributed by atoms with Crippen LogP contribution in [0.1, 0.15) is 37.6 Å². The Labute approximate surface area is 134 Å². The highest BCUT2D eigenvalue weighted by Gasteiger charge is 2.24. The first kappa shape index (κ1) is 18.9. The van der Waals surface area contributed by atoms with Crippen molar-refractivity contribution in [3.8, 4) is 5.75 Å². The van der Waals surface area contributed by atoms with Crippen LogP contribution in [0.2, 0.25) is 0 Å². The highest BCUT2D eigenvalue weighted by molar-refractivity contribution is 5.97. The van der Waals surface area contributed by atoms with Gasteiger partial charge in [0.05, 0.1) is 18.3 Å². The van der Waals surface area contributed by atoms with Crippen LogP contribution >= 0.6 is 0 Å². The minimum Gasteiger partial charge on any atom is -0.494 e. The highest BCUT2D eigenvalue weighted by atomic mass is 19.1. The van der Waals surface area contributed by atoms with Crippen LogP contribution in [0, 0.1) is 5.82 Å². The smallest absolute Gasteiger partial charge is 0.326 e. The van der Waals surface area contributed by atoms with E-state index in [2.05, 4.69) is 5.32 Å². The molecule has 0 bridgehead atoms. The molecule has 0 fully saturated rings. The maximum atomic E-state index is 14.0. The number of hydrogen-bond acceptors (Lipinski definition) is 4. The van der Waals surface area contributed by atoms with E-state index in [1.165, 1.54) is 25.3 Å². The van der Waals surface area contributed by atoms with Crippen molar-refractivity contribution in [2.75, 3.05) is 13.7 Å². The zero-order chi connectivity index (χ0) is 17.6. The molecule has 1 aromatic rings. The number of carboxylic acids is 1. The number of nitrogens with one attached hydrogen (secondary N) is 1. The third kappa shape index (κ3) is 5.86. The lowest BCUT2D eigenvalue weighted by Crippen LogP contribution is -2.42. The number of halogens is 1. The third-order valence-electron chi connectivity index (χ3n) is 2.97. The predicted molar refractivity (Wildman–Crippen MR) is 82.2 cm³/mol. The van der Waals surface area contributed by atoms with E-state index in [9.17, 15) is 19.1 Å². The van der Waals surface area contributed by atoms with Gasteiger partial charge < -0.3 is 19.9 Å². The van der Waals surface area contributed by atoms with Crippen LogP contribution in [-0.2, 0) is 9.53 Å². The van der Waals surface area contributed by atoms with Gasteiger partial charge in [-0.2, -0.15) is 0 Å². The molecule has 1 atom stereocenters. The number of amides is 1. The molecule has 7 heteroatoms. The monoisotopic (exact) mass is 327 g/mol. The van der Waals surface area contributed by atoms with Crippen LogP contribution in [0.25, 0.3) is 0 Å². The molecule has 2 N–H and O–H groups in total. The molecule has 0 radical (unpaired) electrons. The van der Waals surface area contributed by atoms with E-state index in [0.29, 0.717) is 0 Å². The molecule has 1 aromatic carbocycles. The van der Waals surface area contributed by atoms with Crippen LogP contribution in [0.4, 0.5) is 4.39 Å². The molecule has 23 heavy (non-hydrogen) atoms. The molecule has 0 saturated carbocycles. The Morgan fingerprint density at radius 1 is 1.35 bits per heavy atom. The number of carbonyl (C=O) groups excluding carboxylic acids is 1. The van der Waals surface area contributed by atoms with Gasteiger partial charge in [-0.15, -0.1) is 0 Å². The summed E-state index contributed by atoms with van der Waals surface area (Å²) in [5.41, 5.74) is -0.682. The number of aliphatic carboxylic acids is 1. The number of carbonyl (C=O) groups is 2. The molecule has 0 spiro atoms. The summed E-state index contributed by atoms with van der Waals surface area (Å²) in [5, 5.41) is 11.5. The molecule has 0 aliphatic rings. The molecular formula is C16H22FNO5. The first-order chi connectivity index (χ1) is 10.7. The van der Waals surface area contributed by atoms with Crippen molar-refractivity contribution >= 4 is 11.9 Å². The first-order valence-electron chi connectivity index (χ1n) is 7.16. The van der Waals surface area contributed by atoms with Crippen molar-refractivity contribution in [1.29, 1.82) is 0 Å². The molecule has 128 valence electrons. The lowest BCUT2D eigenvalue weighted by molar-refractivity contribution is -0.140. The number of carboxylic acid groups (broad SMARTS) is 1. The second-order valence-corrected chi connectivity index (χ2v) is 5.94. The van der Waals surface area contributed by atoms with Crippen LogP contribution < -0.4 is 10.1 Å². The van der Waals surface area contributed by atoms with E-state index in [4.69, 9.17) is 9.47 Å². The minimum atomic E-state index is -1.21. The van der Waals surface area contributed by atoms with Crippen molar-refractivity contribution in [2.24, 2.45) is 0 Å². The van der Waals surface area contributed by atoms with Crippen LogP contribution in [0.15, 0.2) is 18.2 Å². The van der Waals surface area contributed by atoms with Crippen molar-refractivity contribution < 1.29 is 28.6 Å². The Morgan fingerprint density at radius 3 is 2.52 bits per heavy atom. The van der Waals surface area contributed by atoms with Gasteiger partial charge in [0.25, 0.3) is 5.91 Å². The van der Waals surface area contributed by atoms with Gasteiger partial charge in [0, 0.05) is 13.0 Å². The van der Waals surface area contributed by atoms with E-state index >= 15 is 0 Å². The summed E-state index contributed by atoms with van der Waals surface area (Å²) in [7, 11) is 1.28. The van der Waals surface area contributed by atoms with Gasteiger partial charge in [-0.1, -0.05) is 6.07 Å². The van der Waals surface area contributed by atoms with Crippen molar-refractivity contribution in [3.05, 3.63) is 29.6 Å². The molecule has 1 amide bonds. The van der Waals surface area contributed by atoms with E-state index < -0.39 is 29.3 Å². The summed E-state index contributed by atoms with van der Waals surface area (Å²) >= 11 is 0. The Morgan fingerprint density at radius 2 is 2.00 bits per heavy atom. The summed E-state index contributed by atoms with van der Waals surface area (Å²) in [6, 6.07) is 2.92. The lowest BCUT2D eigenvalue weighted by atomic mass is 10.1. The average molecular weight is 327 g/mol. The average Bonchev–Trinajstić information content (AvgIpc) is 2.44. The fourth-order valence-electron chi connectivity index (χ4n) is 1.82. The first-order valence-corrected chi connectivity index (χ1v) is 7.16. The molecular weight excluding hydrogens is 305 g/mol. The third-order valence-corrected chi connectivity index (χ3v) is 2.97. The molecule has 6 nitrogen and oxygen atoms in total. The fourth-order valence-corrected chi connectivity index (χ4v) is 1.82. The predicted octanol–water partition coefficient (Wildman–Crippen LogP) is 2.22. The Balaban J connectivity index is 2.77. The van der Waals surface area contributed by atoms with Gasteiger partial charge in [-0.25, -0.2) is 9.18 Å². The minimum absolute atomic E-state index is 0.0733. The van der Waals surface area contributed by atoms with Crippen molar-refractivity contribution in [1.82, 2.24) is 5.32 Å². The Kier molecular flexibility index (Phi) is 6.50. The van der Waals surface area contributed by atoms with Gasteiger partial charge in [0.1, 0.15) is 6.04 Å². The zero-order valence-electron chi connectivity index (χ0n) is 13.7. The molecule has 0 aromatic heterocycles. The number of ether oxygens (including phenoxy) is 2. The SMILES string of the molecule is COc1cccc(C(=O)NC(CCOC(C)(C)C)C(=O)O)c1F. The quantitative estimate of drug-likeness (QED) is 0.802. The largest absolute Gasteiger partial charge is 0.494 e. The number of rotatable bonds is 7. The van der Waals surface area contributed by atoms with Gasteiger partial charge in [0.2, 0.25) is 0 Å². The van der Waals surface area contributed by atoms with Crippen LogP contribution in [-0.4, -0.2) is 42.3 Å². The zero-order valence-corrected chi connectivity index (χ0v) is 13.7. The number of methoxy groups -OCH3 is 1. The maximum absolute atomic E-state index is 14.0. The van der Waals surface area contributed by atoms with Crippen LogP contribution in [0.3, 0.4) is 0 Å². The standard InChI is InChI=1S/C16H22FNO5/c1-16(2,3)23-9-8-11(15(20)21)18-14(19)10-6-5-7-12(22-4)13(10)17/h5-7,11H,8-9H2,1-4H3,(H,18,19)(H,20,21). The highest BCUT2D eigenvalue weighted by Crippen LogP contribution is 2.20. The summed E-state index contributed by atoms with van der Waals surface area (Å²) < 4.78 is 24.3. The molecule has 0 saturated heterocycles. The Hall–Kier alpha value is -2.15. The molecule has 0 aliphatic heterocycles. The summed E-state index contributed by atoms with van der Waals surface area (Å²) in [6.07, 6.45) is 0.0733. The van der Waals surface area contributed by atoms with Crippen molar-refractivity contribution in [3.63, 3.8) is 0 Å². The summed E-state index contributed by atoms with van der Waals surface area (Å²) in [4.78, 5) is 23.3. The Bertz CT molecular complexity index is 568. The van der Waals surface area contributed by atoms with E-state index in [0.717, 1.165) is 0 Å². The summed E-state index contributed by atoms with van der Waals surface area (Å²) in [5.74, 6) is -2.94. The van der Waals surface area contributed by atoms with Gasteiger partial charge in [0.15, 0.2) is 11.6 Å². The van der Waals surface area contributed by atoms with Gasteiger partial charge >= 0.3 is 5.97 Å². The molecule has 0 aliphatic carbocycles. The van der Waals surface area contributed by atoms with Crippen LogP contribution in [0.5, 0.6) is 5.75 Å². The normalized spacial score (nSPS) is 12.6. The molecule has 1 rings (SSSR count). The second-order valence-electron chi connectivity index (χ2n) is 5.94. The topological polar surface area (TPSA) is 84.9 Å². The maximum Gasteiger partial charge on any atom is 0.326 e. The number of benzene rings is 1. The van der Waals surface area contributed by atoms with Gasteiger partial charge in [-0.05, 0) is 32.9 Å². The number of hydrogen-bond donors (Lipinski definition) is 2. The van der Waals surface area contributed by atoms with E-state index in [-0.39, 0.29) is 24.3 Å². The molecule has 0 heterocycles. The lowest BCUT2D eigenvalue weighted by Gasteiger charge is -2.21. The molecule has 1 unspecified atom stereocenters.